The summed E-state index contributed by atoms with van der Waals surface area (Å²) in [7, 11) is -3.34. The third kappa shape index (κ3) is 5.10. The molecule has 0 spiro atoms. The topological polar surface area (TPSA) is 78.5 Å². The zero-order valence-electron chi connectivity index (χ0n) is 18.2. The molecule has 1 unspecified atom stereocenters. The van der Waals surface area contributed by atoms with Crippen LogP contribution in [0.2, 0.25) is 0 Å². The number of nitrogens with zero attached hydrogens (tertiary/aromatic N) is 1. The number of benzene rings is 2. The van der Waals surface area contributed by atoms with Crippen LogP contribution >= 0.6 is 0 Å². The summed E-state index contributed by atoms with van der Waals surface area (Å²) in [5, 5.41) is 3.34. The molecule has 2 fully saturated rings. The Kier molecular flexibility index (Phi) is 6.08. The highest BCUT2D eigenvalue weighted by Gasteiger charge is 2.51. The van der Waals surface area contributed by atoms with Gasteiger partial charge in [0.1, 0.15) is 0 Å². The summed E-state index contributed by atoms with van der Waals surface area (Å²) in [5.41, 5.74) is 2.93. The van der Waals surface area contributed by atoms with Gasteiger partial charge in [-0.1, -0.05) is 42.5 Å². The van der Waals surface area contributed by atoms with Crippen LogP contribution in [0.4, 0.5) is 5.69 Å². The summed E-state index contributed by atoms with van der Waals surface area (Å²) in [5.74, 6) is 0.0590. The minimum absolute atomic E-state index is 0.0449. The van der Waals surface area contributed by atoms with Crippen LogP contribution in [-0.2, 0) is 20.2 Å². The number of amides is 1. The number of sulfonamides is 1. The first kappa shape index (κ1) is 21.8. The molecule has 1 atom stereocenters. The molecule has 1 aliphatic heterocycles. The highest BCUT2D eigenvalue weighted by Crippen LogP contribution is 2.49. The molecule has 1 saturated heterocycles. The van der Waals surface area contributed by atoms with Crippen LogP contribution in [0, 0.1) is 6.92 Å². The Labute approximate surface area is 185 Å². The van der Waals surface area contributed by atoms with Crippen molar-refractivity contribution >= 4 is 21.6 Å². The zero-order chi connectivity index (χ0) is 22.1. The smallest absolute Gasteiger partial charge is 0.231 e. The second-order valence-electron chi connectivity index (χ2n) is 8.93. The summed E-state index contributed by atoms with van der Waals surface area (Å²) in [4.78, 5) is 15.9. The lowest BCUT2D eigenvalue weighted by molar-refractivity contribution is -0.124. The van der Waals surface area contributed by atoms with Crippen molar-refractivity contribution in [3.05, 3.63) is 65.2 Å². The van der Waals surface area contributed by atoms with Gasteiger partial charge in [-0.25, -0.2) is 8.42 Å². The van der Waals surface area contributed by atoms with E-state index in [0.29, 0.717) is 5.69 Å². The Hall–Kier alpha value is -2.38. The Morgan fingerprint density at radius 1 is 1.10 bits per heavy atom. The second kappa shape index (κ2) is 8.63. The van der Waals surface area contributed by atoms with E-state index in [1.165, 1.54) is 12.8 Å². The first-order valence-electron chi connectivity index (χ1n) is 10.9. The lowest BCUT2D eigenvalue weighted by Gasteiger charge is -2.27. The van der Waals surface area contributed by atoms with Gasteiger partial charge < -0.3 is 10.2 Å². The van der Waals surface area contributed by atoms with Gasteiger partial charge in [-0.05, 0) is 68.5 Å². The van der Waals surface area contributed by atoms with Crippen LogP contribution < -0.4 is 10.0 Å². The predicted octanol–water partition coefficient (Wildman–Crippen LogP) is 3.35. The second-order valence-corrected chi connectivity index (χ2v) is 10.7. The molecule has 166 valence electrons. The molecule has 2 aromatic carbocycles. The number of anilines is 1. The van der Waals surface area contributed by atoms with Gasteiger partial charge in [0.05, 0.1) is 23.4 Å². The van der Waals surface area contributed by atoms with Crippen molar-refractivity contribution in [3.63, 3.8) is 0 Å². The van der Waals surface area contributed by atoms with Gasteiger partial charge in [-0.3, -0.25) is 9.52 Å². The van der Waals surface area contributed by atoms with E-state index in [-0.39, 0.29) is 11.9 Å². The number of likely N-dealkylation sites (tertiary alicyclic amines) is 1. The highest BCUT2D eigenvalue weighted by molar-refractivity contribution is 7.92. The molecule has 4 rings (SSSR count). The largest absolute Gasteiger partial charge is 0.347 e. The molecule has 0 radical (unpaired) electrons. The molecular formula is C24H31N3O3S. The molecule has 2 aliphatic rings. The van der Waals surface area contributed by atoms with E-state index >= 15 is 0 Å². The molecule has 2 N–H and O–H groups in total. The fourth-order valence-corrected chi connectivity index (χ4v) is 5.12. The number of carbonyl (C=O) groups excluding carboxylic acids is 1. The molecule has 1 amide bonds. The van der Waals surface area contributed by atoms with Gasteiger partial charge in [0, 0.05) is 6.54 Å². The average Bonchev–Trinajstić information content (AvgIpc) is 3.39. The van der Waals surface area contributed by atoms with E-state index in [1.807, 2.05) is 37.3 Å². The van der Waals surface area contributed by atoms with Crippen LogP contribution in [0.15, 0.2) is 48.5 Å². The number of hydrogen-bond donors (Lipinski definition) is 2. The summed E-state index contributed by atoms with van der Waals surface area (Å²) in [6, 6.07) is 15.7. The van der Waals surface area contributed by atoms with Gasteiger partial charge in [-0.2, -0.15) is 0 Å². The quantitative estimate of drug-likeness (QED) is 0.659. The zero-order valence-corrected chi connectivity index (χ0v) is 19.0. The van der Waals surface area contributed by atoms with Crippen molar-refractivity contribution in [1.82, 2.24) is 10.2 Å². The van der Waals surface area contributed by atoms with Crippen LogP contribution in [0.3, 0.4) is 0 Å². The van der Waals surface area contributed by atoms with Crippen molar-refractivity contribution in [2.75, 3.05) is 30.6 Å². The minimum atomic E-state index is -3.34. The molecule has 0 aromatic heterocycles. The van der Waals surface area contributed by atoms with Crippen LogP contribution in [0.25, 0.3) is 0 Å². The van der Waals surface area contributed by atoms with E-state index in [4.69, 9.17) is 0 Å². The maximum atomic E-state index is 13.5. The molecule has 2 aromatic rings. The maximum Gasteiger partial charge on any atom is 0.231 e. The maximum absolute atomic E-state index is 13.5. The monoisotopic (exact) mass is 441 g/mol. The van der Waals surface area contributed by atoms with Crippen molar-refractivity contribution < 1.29 is 13.2 Å². The molecule has 1 aliphatic carbocycles. The van der Waals surface area contributed by atoms with Crippen LogP contribution in [0.5, 0.6) is 0 Å². The number of carbonyl (C=O) groups is 1. The normalized spacial score (nSPS) is 19.0. The number of rotatable bonds is 8. The predicted molar refractivity (Wildman–Crippen MR) is 124 cm³/mol. The number of nitrogens with one attached hydrogen (secondary N) is 2. The first-order valence-corrected chi connectivity index (χ1v) is 12.8. The summed E-state index contributed by atoms with van der Waals surface area (Å²) in [6.45, 7) is 4.85. The van der Waals surface area contributed by atoms with Gasteiger partial charge in [0.2, 0.25) is 15.9 Å². The van der Waals surface area contributed by atoms with Gasteiger partial charge in [0.15, 0.2) is 0 Å². The van der Waals surface area contributed by atoms with Gasteiger partial charge >= 0.3 is 0 Å². The fraction of sp³-hybridized carbons (Fsp3) is 0.458. The molecule has 6 nitrogen and oxygen atoms in total. The summed E-state index contributed by atoms with van der Waals surface area (Å²) in [6.07, 6.45) is 5.18. The van der Waals surface area contributed by atoms with E-state index in [9.17, 15) is 13.2 Å². The molecular weight excluding hydrogens is 410 g/mol. The molecule has 1 heterocycles. The van der Waals surface area contributed by atoms with E-state index < -0.39 is 15.4 Å². The van der Waals surface area contributed by atoms with Crippen molar-refractivity contribution in [1.29, 1.82) is 0 Å². The molecule has 31 heavy (non-hydrogen) atoms. The lowest BCUT2D eigenvalue weighted by atomic mass is 9.92. The third-order valence-electron chi connectivity index (χ3n) is 6.41. The lowest BCUT2D eigenvalue weighted by Crippen LogP contribution is -2.41. The van der Waals surface area contributed by atoms with Crippen molar-refractivity contribution in [2.24, 2.45) is 0 Å². The van der Waals surface area contributed by atoms with E-state index in [1.54, 1.807) is 6.07 Å². The van der Waals surface area contributed by atoms with Crippen LogP contribution in [-0.4, -0.2) is 45.1 Å². The SMILES string of the molecule is Cc1cc(C2(C(=O)NC(CN3CCCC3)c3ccccc3)CC2)ccc1NS(C)(=O)=O. The number of aryl methyl sites for hydroxylation is 1. The van der Waals surface area contributed by atoms with E-state index in [2.05, 4.69) is 27.1 Å². The third-order valence-corrected chi connectivity index (χ3v) is 7.00. The first-order chi connectivity index (χ1) is 14.8. The molecule has 0 bridgehead atoms. The van der Waals surface area contributed by atoms with Gasteiger partial charge in [0.25, 0.3) is 0 Å². The fourth-order valence-electron chi connectivity index (χ4n) is 4.49. The van der Waals surface area contributed by atoms with Crippen molar-refractivity contribution in [3.8, 4) is 0 Å². The molecule has 1 saturated carbocycles. The summed E-state index contributed by atoms with van der Waals surface area (Å²) < 4.78 is 25.7. The Balaban J connectivity index is 1.53. The van der Waals surface area contributed by atoms with Crippen molar-refractivity contribution in [2.45, 2.75) is 44.1 Å². The van der Waals surface area contributed by atoms with E-state index in [0.717, 1.165) is 55.4 Å². The number of hydrogen-bond acceptors (Lipinski definition) is 4. The Bertz CT molecular complexity index is 1040. The highest BCUT2D eigenvalue weighted by atomic mass is 32.2. The average molecular weight is 442 g/mol. The van der Waals surface area contributed by atoms with Gasteiger partial charge in [-0.15, -0.1) is 0 Å². The van der Waals surface area contributed by atoms with Crippen LogP contribution in [0.1, 0.15) is 48.4 Å². The molecule has 7 heteroatoms. The Morgan fingerprint density at radius 3 is 2.35 bits per heavy atom. The standard InChI is InChI=1S/C24H31N3O3S/c1-18-16-20(10-11-21(18)26-31(2,29)30)24(12-13-24)23(28)25-22(17-27-14-6-7-15-27)19-8-4-3-5-9-19/h3-5,8-11,16,22,26H,6-7,12-15,17H2,1-2H3,(H,25,28). The summed E-state index contributed by atoms with van der Waals surface area (Å²) >= 11 is 0. The Morgan fingerprint density at radius 2 is 1.77 bits per heavy atom. The minimum Gasteiger partial charge on any atom is -0.347 e.